The second kappa shape index (κ2) is 4.57. The molecule has 1 N–H and O–H groups in total. The van der Waals surface area contributed by atoms with Crippen LogP contribution in [-0.4, -0.2) is 45.1 Å². The molecule has 2 aliphatic heterocycles. The van der Waals surface area contributed by atoms with Gasteiger partial charge in [0, 0.05) is 11.3 Å². The Balaban J connectivity index is 2.19. The fourth-order valence-corrected chi connectivity index (χ4v) is 4.29. The molecule has 0 spiro atoms. The van der Waals surface area contributed by atoms with Crippen LogP contribution in [0.2, 0.25) is 0 Å². The number of hydrogen-bond acceptors (Lipinski definition) is 3. The first-order chi connectivity index (χ1) is 7.55. The fraction of sp³-hybridized carbons (Fsp3) is 0.917. The van der Waals surface area contributed by atoms with Crippen molar-refractivity contribution in [2.24, 2.45) is 0 Å². The predicted octanol–water partition coefficient (Wildman–Crippen LogP) is 2.21. The molecule has 2 rings (SSSR count). The number of aliphatic carboxylic acids is 1. The highest BCUT2D eigenvalue weighted by molar-refractivity contribution is 8.00. The smallest absolute Gasteiger partial charge is 0.323 e. The molecule has 0 aromatic heterocycles. The summed E-state index contributed by atoms with van der Waals surface area (Å²) in [5.41, 5.74) is -0.623. The molecule has 3 unspecified atom stereocenters. The van der Waals surface area contributed by atoms with E-state index in [9.17, 15) is 9.90 Å². The Morgan fingerprint density at radius 3 is 2.81 bits per heavy atom. The summed E-state index contributed by atoms with van der Waals surface area (Å²) in [5.74, 6) is 0.536. The number of piperidine rings is 1. The van der Waals surface area contributed by atoms with Gasteiger partial charge in [0.15, 0.2) is 0 Å². The summed E-state index contributed by atoms with van der Waals surface area (Å²) in [7, 11) is 0. The van der Waals surface area contributed by atoms with Gasteiger partial charge in [-0.05, 0) is 44.9 Å². The zero-order valence-corrected chi connectivity index (χ0v) is 10.9. The van der Waals surface area contributed by atoms with Gasteiger partial charge in [-0.15, -0.1) is 0 Å². The maximum Gasteiger partial charge on any atom is 0.323 e. The van der Waals surface area contributed by atoms with E-state index in [2.05, 4.69) is 11.8 Å². The quantitative estimate of drug-likeness (QED) is 0.807. The van der Waals surface area contributed by atoms with Crippen LogP contribution in [0.25, 0.3) is 0 Å². The number of carboxylic acids is 1. The fourth-order valence-electron chi connectivity index (χ4n) is 3.03. The second-order valence-electron chi connectivity index (χ2n) is 5.16. The highest BCUT2D eigenvalue weighted by Crippen LogP contribution is 2.38. The Kier molecular flexibility index (Phi) is 3.50. The molecule has 0 aromatic carbocycles. The normalized spacial score (nSPS) is 41.1. The van der Waals surface area contributed by atoms with Crippen LogP contribution in [-0.2, 0) is 4.79 Å². The van der Waals surface area contributed by atoms with Crippen molar-refractivity contribution in [3.63, 3.8) is 0 Å². The summed E-state index contributed by atoms with van der Waals surface area (Å²) in [6.45, 7) is 5.10. The van der Waals surface area contributed by atoms with Crippen molar-refractivity contribution in [1.29, 1.82) is 0 Å². The second-order valence-corrected chi connectivity index (χ2v) is 6.65. The molecule has 0 radical (unpaired) electrons. The summed E-state index contributed by atoms with van der Waals surface area (Å²) in [6.07, 6.45) is 4.15. The van der Waals surface area contributed by atoms with Crippen molar-refractivity contribution in [3.05, 3.63) is 0 Å². The van der Waals surface area contributed by atoms with Crippen LogP contribution in [0.4, 0.5) is 0 Å². The first kappa shape index (κ1) is 12.2. The van der Waals surface area contributed by atoms with E-state index in [1.165, 1.54) is 5.75 Å². The molecular formula is C12H21NO2S. The van der Waals surface area contributed by atoms with Crippen molar-refractivity contribution >= 4 is 17.7 Å². The van der Waals surface area contributed by atoms with Crippen LogP contribution in [0, 0.1) is 0 Å². The highest BCUT2D eigenvalue weighted by Gasteiger charge is 2.46. The van der Waals surface area contributed by atoms with E-state index in [-0.39, 0.29) is 0 Å². The molecule has 3 nitrogen and oxygen atoms in total. The first-order valence-electron chi connectivity index (χ1n) is 6.17. The lowest BCUT2D eigenvalue weighted by molar-refractivity contribution is -0.155. The maximum absolute atomic E-state index is 11.5. The van der Waals surface area contributed by atoms with Gasteiger partial charge >= 0.3 is 5.97 Å². The Hall–Kier alpha value is -0.220. The van der Waals surface area contributed by atoms with E-state index in [0.29, 0.717) is 11.3 Å². The molecule has 2 fully saturated rings. The molecule has 0 aliphatic carbocycles. The Bertz CT molecular complexity index is 284. The molecule has 3 atom stereocenters. The maximum atomic E-state index is 11.5. The lowest BCUT2D eigenvalue weighted by Gasteiger charge is -2.46. The van der Waals surface area contributed by atoms with Gasteiger partial charge in [-0.3, -0.25) is 9.69 Å². The van der Waals surface area contributed by atoms with Crippen LogP contribution >= 0.6 is 11.8 Å². The van der Waals surface area contributed by atoms with Gasteiger partial charge in [-0.25, -0.2) is 0 Å². The van der Waals surface area contributed by atoms with Crippen molar-refractivity contribution in [2.45, 2.75) is 56.4 Å². The molecule has 0 bridgehead atoms. The van der Waals surface area contributed by atoms with E-state index in [0.717, 1.165) is 32.2 Å². The molecule has 2 saturated heterocycles. The van der Waals surface area contributed by atoms with E-state index in [4.69, 9.17) is 0 Å². The van der Waals surface area contributed by atoms with Crippen molar-refractivity contribution in [3.8, 4) is 0 Å². The van der Waals surface area contributed by atoms with Crippen LogP contribution in [0.5, 0.6) is 0 Å². The van der Waals surface area contributed by atoms with Gasteiger partial charge in [0.2, 0.25) is 0 Å². The van der Waals surface area contributed by atoms with E-state index >= 15 is 0 Å². The molecule has 16 heavy (non-hydrogen) atoms. The van der Waals surface area contributed by atoms with E-state index < -0.39 is 11.5 Å². The summed E-state index contributed by atoms with van der Waals surface area (Å²) < 4.78 is 0. The minimum atomic E-state index is -0.642. The lowest BCUT2D eigenvalue weighted by atomic mass is 9.86. The third-order valence-electron chi connectivity index (χ3n) is 4.14. The molecule has 0 amide bonds. The Labute approximate surface area is 102 Å². The SMILES string of the molecule is CC1SCCC1N1CCCCC1(C)C(=O)O. The van der Waals surface area contributed by atoms with Crippen LogP contribution < -0.4 is 0 Å². The van der Waals surface area contributed by atoms with E-state index in [1.54, 1.807) is 0 Å². The highest BCUT2D eigenvalue weighted by atomic mass is 32.2. The van der Waals surface area contributed by atoms with Gasteiger partial charge in [0.25, 0.3) is 0 Å². The standard InChI is InChI=1S/C12H21NO2S/c1-9-10(5-8-16-9)13-7-4-3-6-12(13,2)11(14)15/h9-10H,3-8H2,1-2H3,(H,14,15). The van der Waals surface area contributed by atoms with Crippen LogP contribution in [0.1, 0.15) is 39.5 Å². The lowest BCUT2D eigenvalue weighted by Crippen LogP contribution is -2.60. The monoisotopic (exact) mass is 243 g/mol. The number of carbonyl (C=O) groups is 1. The molecule has 2 heterocycles. The van der Waals surface area contributed by atoms with Crippen molar-refractivity contribution < 1.29 is 9.90 Å². The number of nitrogens with zero attached hydrogens (tertiary/aromatic N) is 1. The summed E-state index contributed by atoms with van der Waals surface area (Å²) in [6, 6.07) is 0.464. The number of hydrogen-bond donors (Lipinski definition) is 1. The predicted molar refractivity (Wildman–Crippen MR) is 66.9 cm³/mol. The third kappa shape index (κ3) is 1.97. The minimum Gasteiger partial charge on any atom is -0.480 e. The Morgan fingerprint density at radius 1 is 1.50 bits per heavy atom. The average Bonchev–Trinajstić information content (AvgIpc) is 2.65. The zero-order chi connectivity index (χ0) is 11.8. The van der Waals surface area contributed by atoms with Crippen molar-refractivity contribution in [1.82, 2.24) is 4.90 Å². The summed E-state index contributed by atoms with van der Waals surface area (Å²) in [4.78, 5) is 13.8. The molecule has 4 heteroatoms. The third-order valence-corrected chi connectivity index (χ3v) is 5.46. The summed E-state index contributed by atoms with van der Waals surface area (Å²) >= 11 is 1.98. The van der Waals surface area contributed by atoms with Gasteiger partial charge in [0.1, 0.15) is 5.54 Å². The molecule has 2 aliphatic rings. The van der Waals surface area contributed by atoms with Gasteiger partial charge in [0.05, 0.1) is 0 Å². The number of likely N-dealkylation sites (tertiary alicyclic amines) is 1. The minimum absolute atomic E-state index is 0.464. The summed E-state index contributed by atoms with van der Waals surface area (Å²) in [5, 5.41) is 10.0. The largest absolute Gasteiger partial charge is 0.480 e. The number of rotatable bonds is 2. The average molecular weight is 243 g/mol. The van der Waals surface area contributed by atoms with Gasteiger partial charge < -0.3 is 5.11 Å². The van der Waals surface area contributed by atoms with Crippen molar-refractivity contribution in [2.75, 3.05) is 12.3 Å². The van der Waals surface area contributed by atoms with E-state index in [1.807, 2.05) is 18.7 Å². The number of carboxylic acid groups (broad SMARTS) is 1. The van der Waals surface area contributed by atoms with Crippen LogP contribution in [0.3, 0.4) is 0 Å². The Morgan fingerprint density at radius 2 is 2.25 bits per heavy atom. The van der Waals surface area contributed by atoms with Gasteiger partial charge in [-0.1, -0.05) is 6.92 Å². The van der Waals surface area contributed by atoms with Crippen LogP contribution in [0.15, 0.2) is 0 Å². The number of thioether (sulfide) groups is 1. The first-order valence-corrected chi connectivity index (χ1v) is 7.22. The molecule has 92 valence electrons. The zero-order valence-electron chi connectivity index (χ0n) is 10.1. The molecule has 0 aromatic rings. The molecule has 0 saturated carbocycles. The molecular weight excluding hydrogens is 222 g/mol. The van der Waals surface area contributed by atoms with Gasteiger partial charge in [-0.2, -0.15) is 11.8 Å². The topological polar surface area (TPSA) is 40.5 Å².